The highest BCUT2D eigenvalue weighted by Crippen LogP contribution is 2.29. The highest BCUT2D eigenvalue weighted by atomic mass is 16.6. The Morgan fingerprint density at radius 3 is 2.43 bits per heavy atom. The molecule has 1 saturated heterocycles. The minimum atomic E-state index is -0.487. The average Bonchev–Trinajstić information content (AvgIpc) is 3.30. The fourth-order valence-electron chi connectivity index (χ4n) is 1.94. The van der Waals surface area contributed by atoms with Gasteiger partial charge < -0.3 is 14.2 Å². The van der Waals surface area contributed by atoms with Crippen LogP contribution in [0.4, 0.5) is 0 Å². The molecule has 0 spiro atoms. The molecular formula is C18H20O5. The molecule has 5 nitrogen and oxygen atoms in total. The minimum absolute atomic E-state index is 0.0895. The standard InChI is InChI=1S/C18H20O5/c1-11(2)17(19)22-9-13-6-5-7-16(23-18(20)12(3)4)15(13)8-14-10-21-14/h5-7,14H,1,3,8-10H2,2,4H3. The molecule has 1 aromatic rings. The van der Waals surface area contributed by atoms with E-state index in [1.54, 1.807) is 26.0 Å². The number of carbonyl (C=O) groups is 2. The van der Waals surface area contributed by atoms with Crippen molar-refractivity contribution in [2.45, 2.75) is 33.0 Å². The van der Waals surface area contributed by atoms with Crippen LogP contribution in [0.5, 0.6) is 5.75 Å². The minimum Gasteiger partial charge on any atom is -0.457 e. The van der Waals surface area contributed by atoms with E-state index in [-0.39, 0.29) is 12.7 Å². The molecular weight excluding hydrogens is 296 g/mol. The first-order valence-electron chi connectivity index (χ1n) is 7.31. The maximum Gasteiger partial charge on any atom is 0.338 e. The van der Waals surface area contributed by atoms with Gasteiger partial charge in [0.15, 0.2) is 0 Å². The molecule has 5 heteroatoms. The summed E-state index contributed by atoms with van der Waals surface area (Å²) in [6.07, 6.45) is 0.704. The molecule has 23 heavy (non-hydrogen) atoms. The molecule has 1 aromatic carbocycles. The van der Waals surface area contributed by atoms with E-state index in [2.05, 4.69) is 13.2 Å². The average molecular weight is 316 g/mol. The number of hydrogen-bond acceptors (Lipinski definition) is 5. The van der Waals surface area contributed by atoms with Gasteiger partial charge >= 0.3 is 11.9 Å². The van der Waals surface area contributed by atoms with Crippen molar-refractivity contribution in [1.82, 2.24) is 0 Å². The predicted molar refractivity (Wildman–Crippen MR) is 84.9 cm³/mol. The number of rotatable bonds is 7. The van der Waals surface area contributed by atoms with Gasteiger partial charge in [-0.05, 0) is 25.5 Å². The first-order valence-corrected chi connectivity index (χ1v) is 7.31. The largest absolute Gasteiger partial charge is 0.457 e. The predicted octanol–water partition coefficient (Wildman–Crippen LogP) is 2.73. The van der Waals surface area contributed by atoms with Crippen molar-refractivity contribution in [2.24, 2.45) is 0 Å². The zero-order valence-electron chi connectivity index (χ0n) is 13.4. The van der Waals surface area contributed by atoms with Gasteiger partial charge in [-0.2, -0.15) is 0 Å². The number of esters is 2. The monoisotopic (exact) mass is 316 g/mol. The Bertz CT molecular complexity index is 655. The zero-order chi connectivity index (χ0) is 17.0. The van der Waals surface area contributed by atoms with Crippen LogP contribution in [-0.2, 0) is 32.1 Å². The number of epoxide rings is 1. The lowest BCUT2D eigenvalue weighted by Gasteiger charge is -2.14. The fourth-order valence-corrected chi connectivity index (χ4v) is 1.94. The Hall–Kier alpha value is -2.40. The van der Waals surface area contributed by atoms with Gasteiger partial charge in [0.1, 0.15) is 12.4 Å². The van der Waals surface area contributed by atoms with Crippen LogP contribution in [0.15, 0.2) is 42.5 Å². The van der Waals surface area contributed by atoms with Crippen molar-refractivity contribution >= 4 is 11.9 Å². The summed E-state index contributed by atoms with van der Waals surface area (Å²) in [6.45, 7) is 11.1. The lowest BCUT2D eigenvalue weighted by Crippen LogP contribution is -2.13. The van der Waals surface area contributed by atoms with E-state index in [0.29, 0.717) is 29.9 Å². The van der Waals surface area contributed by atoms with Gasteiger partial charge in [0.05, 0.1) is 12.7 Å². The van der Waals surface area contributed by atoms with Gasteiger partial charge in [-0.1, -0.05) is 25.3 Å². The third-order valence-electron chi connectivity index (χ3n) is 3.32. The molecule has 0 aromatic heterocycles. The van der Waals surface area contributed by atoms with Crippen LogP contribution in [0.2, 0.25) is 0 Å². The highest BCUT2D eigenvalue weighted by molar-refractivity contribution is 5.89. The summed E-state index contributed by atoms with van der Waals surface area (Å²) in [5.41, 5.74) is 2.24. The van der Waals surface area contributed by atoms with Gasteiger partial charge in [0, 0.05) is 23.1 Å². The second kappa shape index (κ2) is 7.24. The summed E-state index contributed by atoms with van der Waals surface area (Å²) in [5.74, 6) is -0.501. The van der Waals surface area contributed by atoms with Crippen molar-refractivity contribution in [2.75, 3.05) is 6.61 Å². The number of hydrogen-bond donors (Lipinski definition) is 0. The first-order chi connectivity index (χ1) is 10.9. The maximum atomic E-state index is 11.8. The van der Waals surface area contributed by atoms with Gasteiger partial charge in [0.25, 0.3) is 0 Å². The molecule has 0 amide bonds. The summed E-state index contributed by atoms with van der Waals surface area (Å²) in [4.78, 5) is 23.4. The van der Waals surface area contributed by atoms with Crippen molar-refractivity contribution < 1.29 is 23.8 Å². The molecule has 0 radical (unpaired) electrons. The summed E-state index contributed by atoms with van der Waals surface area (Å²) in [7, 11) is 0. The zero-order valence-corrected chi connectivity index (χ0v) is 13.4. The van der Waals surface area contributed by atoms with Crippen LogP contribution in [-0.4, -0.2) is 24.6 Å². The fraction of sp³-hybridized carbons (Fsp3) is 0.333. The molecule has 1 aliphatic heterocycles. The lowest BCUT2D eigenvalue weighted by molar-refractivity contribution is -0.140. The number of carbonyl (C=O) groups excluding carboxylic acids is 2. The summed E-state index contributed by atoms with van der Waals surface area (Å²) >= 11 is 0. The smallest absolute Gasteiger partial charge is 0.338 e. The summed E-state index contributed by atoms with van der Waals surface area (Å²) < 4.78 is 15.8. The molecule has 122 valence electrons. The molecule has 1 fully saturated rings. The molecule has 0 aliphatic carbocycles. The third-order valence-corrected chi connectivity index (χ3v) is 3.32. The van der Waals surface area contributed by atoms with Crippen molar-refractivity contribution in [3.8, 4) is 5.75 Å². The second-order valence-electron chi connectivity index (χ2n) is 5.58. The quantitative estimate of drug-likeness (QED) is 0.335. The molecule has 1 heterocycles. The molecule has 0 bridgehead atoms. The van der Waals surface area contributed by atoms with E-state index in [1.165, 1.54) is 0 Å². The summed E-state index contributed by atoms with van der Waals surface area (Å²) in [6, 6.07) is 5.30. The first kappa shape index (κ1) is 17.0. The van der Waals surface area contributed by atoms with Gasteiger partial charge in [0.2, 0.25) is 0 Å². The maximum absolute atomic E-state index is 11.8. The van der Waals surface area contributed by atoms with Crippen LogP contribution < -0.4 is 4.74 Å². The van der Waals surface area contributed by atoms with E-state index in [0.717, 1.165) is 11.1 Å². The van der Waals surface area contributed by atoms with Gasteiger partial charge in [-0.15, -0.1) is 0 Å². The van der Waals surface area contributed by atoms with E-state index in [9.17, 15) is 9.59 Å². The molecule has 2 rings (SSSR count). The van der Waals surface area contributed by atoms with Crippen molar-refractivity contribution in [3.05, 3.63) is 53.6 Å². The van der Waals surface area contributed by atoms with Crippen LogP contribution in [0, 0.1) is 0 Å². The van der Waals surface area contributed by atoms with Crippen LogP contribution in [0.3, 0.4) is 0 Å². The molecule has 0 saturated carbocycles. The second-order valence-corrected chi connectivity index (χ2v) is 5.58. The van der Waals surface area contributed by atoms with Gasteiger partial charge in [-0.3, -0.25) is 0 Å². The Balaban J connectivity index is 2.22. The van der Waals surface area contributed by atoms with Crippen LogP contribution in [0.1, 0.15) is 25.0 Å². The Morgan fingerprint density at radius 1 is 1.22 bits per heavy atom. The molecule has 0 N–H and O–H groups in total. The summed E-state index contributed by atoms with van der Waals surface area (Å²) in [5, 5.41) is 0. The molecule has 1 aliphatic rings. The molecule has 1 atom stereocenters. The van der Waals surface area contributed by atoms with E-state index >= 15 is 0 Å². The lowest BCUT2D eigenvalue weighted by atomic mass is 10.0. The topological polar surface area (TPSA) is 65.1 Å². The van der Waals surface area contributed by atoms with Crippen molar-refractivity contribution in [3.63, 3.8) is 0 Å². The van der Waals surface area contributed by atoms with E-state index < -0.39 is 11.9 Å². The SMILES string of the molecule is C=C(C)C(=O)OCc1cccc(OC(=O)C(=C)C)c1CC1CO1. The number of benzene rings is 1. The van der Waals surface area contributed by atoms with Crippen molar-refractivity contribution in [1.29, 1.82) is 0 Å². The van der Waals surface area contributed by atoms with Crippen LogP contribution in [0.25, 0.3) is 0 Å². The van der Waals surface area contributed by atoms with Crippen LogP contribution >= 0.6 is 0 Å². The third kappa shape index (κ3) is 4.79. The number of ether oxygens (including phenoxy) is 3. The Kier molecular flexibility index (Phi) is 5.34. The Morgan fingerprint density at radius 2 is 1.87 bits per heavy atom. The van der Waals surface area contributed by atoms with E-state index in [1.807, 2.05) is 6.07 Å². The Labute approximate surface area is 135 Å². The highest BCUT2D eigenvalue weighted by Gasteiger charge is 2.26. The normalized spacial score (nSPS) is 15.7. The van der Waals surface area contributed by atoms with E-state index in [4.69, 9.17) is 14.2 Å². The van der Waals surface area contributed by atoms with Gasteiger partial charge in [-0.25, -0.2) is 9.59 Å². The molecule has 1 unspecified atom stereocenters.